The number of benzene rings is 2. The molecule has 5 rings (SSSR count). The van der Waals surface area contributed by atoms with E-state index in [0.29, 0.717) is 18.8 Å². The van der Waals surface area contributed by atoms with E-state index < -0.39 is 29.0 Å². The van der Waals surface area contributed by atoms with Crippen molar-refractivity contribution in [2.24, 2.45) is 0 Å². The summed E-state index contributed by atoms with van der Waals surface area (Å²) in [7, 11) is 0. The third-order valence-electron chi connectivity index (χ3n) is 5.52. The van der Waals surface area contributed by atoms with Crippen molar-refractivity contribution in [2.45, 2.75) is 18.9 Å². The van der Waals surface area contributed by atoms with Gasteiger partial charge in [0.15, 0.2) is 17.3 Å². The summed E-state index contributed by atoms with van der Waals surface area (Å²) < 4.78 is 40.6. The van der Waals surface area contributed by atoms with Crippen molar-refractivity contribution in [3.8, 4) is 17.2 Å². The number of rotatable bonds is 2. The van der Waals surface area contributed by atoms with E-state index in [9.17, 15) is 14.0 Å². The number of carboxylic acid groups (broad SMARTS) is 1. The third kappa shape index (κ3) is 2.77. The molecule has 0 unspecified atom stereocenters. The summed E-state index contributed by atoms with van der Waals surface area (Å²) in [4.78, 5) is 25.9. The van der Waals surface area contributed by atoms with Crippen LogP contribution in [-0.2, 0) is 0 Å². The van der Waals surface area contributed by atoms with Gasteiger partial charge in [-0.2, -0.15) is 0 Å². The molecule has 2 aliphatic rings. The highest BCUT2D eigenvalue weighted by Crippen LogP contribution is 2.45. The second-order valence-corrected chi connectivity index (χ2v) is 7.27. The standard InChI is InChI=1S/C21H16F2N2O5/c22-11-3-5-12(6-4-11)25-9-16(30-21(27)28)19(26)14-8-15(23)18-20(17(14)25)29-10-13-2-1-7-24(13)18/h3-6,8-9,13H,1-2,7,10H2,(H,27,28)/t13-/m0/s1. The first kappa shape index (κ1) is 18.4. The molecule has 1 aromatic heterocycles. The number of hydrogen-bond acceptors (Lipinski definition) is 5. The van der Waals surface area contributed by atoms with Crippen molar-refractivity contribution >= 4 is 22.7 Å². The second kappa shape index (κ2) is 6.72. The average molecular weight is 414 g/mol. The fourth-order valence-electron chi connectivity index (χ4n) is 4.25. The molecule has 0 amide bonds. The number of aromatic nitrogens is 1. The highest BCUT2D eigenvalue weighted by atomic mass is 19.1. The number of fused-ring (bicyclic) bond motifs is 5. The molecule has 9 heteroatoms. The molecule has 0 spiro atoms. The number of nitrogens with zero attached hydrogens (tertiary/aromatic N) is 2. The van der Waals surface area contributed by atoms with Crippen molar-refractivity contribution < 1.29 is 28.2 Å². The summed E-state index contributed by atoms with van der Waals surface area (Å²) in [5.74, 6) is -1.38. The number of ether oxygens (including phenoxy) is 2. The summed E-state index contributed by atoms with van der Waals surface area (Å²) in [6.07, 6.45) is 1.31. The van der Waals surface area contributed by atoms with Crippen LogP contribution in [0, 0.1) is 11.6 Å². The van der Waals surface area contributed by atoms with Gasteiger partial charge in [-0.1, -0.05) is 0 Å². The number of pyridine rings is 1. The Kier molecular flexibility index (Phi) is 4.12. The lowest BCUT2D eigenvalue weighted by molar-refractivity contribution is 0.144. The summed E-state index contributed by atoms with van der Waals surface area (Å²) in [6.45, 7) is 1.01. The first-order chi connectivity index (χ1) is 14.4. The van der Waals surface area contributed by atoms with Gasteiger partial charge in [0, 0.05) is 12.2 Å². The van der Waals surface area contributed by atoms with E-state index in [1.807, 2.05) is 4.90 Å². The maximum Gasteiger partial charge on any atom is 0.511 e. The van der Waals surface area contributed by atoms with E-state index in [2.05, 4.69) is 4.74 Å². The smallest absolute Gasteiger partial charge is 0.487 e. The number of halogens is 2. The van der Waals surface area contributed by atoms with Crippen LogP contribution >= 0.6 is 0 Å². The monoisotopic (exact) mass is 414 g/mol. The van der Waals surface area contributed by atoms with Crippen molar-refractivity contribution in [1.29, 1.82) is 0 Å². The summed E-state index contributed by atoms with van der Waals surface area (Å²) in [5.41, 5.74) is 0.196. The summed E-state index contributed by atoms with van der Waals surface area (Å²) in [6, 6.07) is 6.51. The summed E-state index contributed by atoms with van der Waals surface area (Å²) >= 11 is 0. The van der Waals surface area contributed by atoms with Crippen LogP contribution in [0.25, 0.3) is 16.6 Å². The molecule has 0 saturated carbocycles. The van der Waals surface area contributed by atoms with Gasteiger partial charge in [-0.3, -0.25) is 4.79 Å². The van der Waals surface area contributed by atoms with Gasteiger partial charge in [0.05, 0.1) is 17.6 Å². The molecule has 2 aliphatic heterocycles. The zero-order valence-electron chi connectivity index (χ0n) is 15.6. The van der Waals surface area contributed by atoms with Gasteiger partial charge in [-0.25, -0.2) is 13.6 Å². The molecule has 3 aromatic rings. The van der Waals surface area contributed by atoms with Crippen LogP contribution in [0.2, 0.25) is 0 Å². The van der Waals surface area contributed by atoms with E-state index in [1.165, 1.54) is 35.0 Å². The summed E-state index contributed by atoms with van der Waals surface area (Å²) in [5, 5.41) is 8.89. The Morgan fingerprint density at radius 1 is 1.23 bits per heavy atom. The lowest BCUT2D eigenvalue weighted by Crippen LogP contribution is -2.39. The maximum absolute atomic E-state index is 15.1. The topological polar surface area (TPSA) is 81.0 Å². The largest absolute Gasteiger partial charge is 0.511 e. The fourth-order valence-corrected chi connectivity index (χ4v) is 4.25. The van der Waals surface area contributed by atoms with Gasteiger partial charge in [0.2, 0.25) is 5.43 Å². The van der Waals surface area contributed by atoms with Gasteiger partial charge in [-0.15, -0.1) is 0 Å². The van der Waals surface area contributed by atoms with Crippen LogP contribution in [0.15, 0.2) is 41.3 Å². The van der Waals surface area contributed by atoms with Crippen LogP contribution in [0.4, 0.5) is 19.3 Å². The minimum absolute atomic E-state index is 0.0602. The predicted octanol–water partition coefficient (Wildman–Crippen LogP) is 3.69. The Hall–Kier alpha value is -3.62. The normalized spacial score (nSPS) is 17.4. The molecule has 1 saturated heterocycles. The number of anilines is 1. The SMILES string of the molecule is O=C(O)Oc1cn(-c2ccc(F)cc2)c2c3c(c(F)cc2c1=O)N1CCC[C@H]1CO3. The zero-order chi connectivity index (χ0) is 21.0. The van der Waals surface area contributed by atoms with Gasteiger partial charge >= 0.3 is 6.16 Å². The average Bonchev–Trinajstić information content (AvgIpc) is 3.19. The molecule has 0 aliphatic carbocycles. The molecular formula is C21H16F2N2O5. The predicted molar refractivity (Wildman–Crippen MR) is 104 cm³/mol. The van der Waals surface area contributed by atoms with Crippen molar-refractivity contribution in [2.75, 3.05) is 18.1 Å². The van der Waals surface area contributed by atoms with Crippen molar-refractivity contribution in [3.63, 3.8) is 0 Å². The molecule has 7 nitrogen and oxygen atoms in total. The minimum atomic E-state index is -1.67. The molecule has 2 aromatic carbocycles. The molecular weight excluding hydrogens is 398 g/mol. The van der Waals surface area contributed by atoms with E-state index in [1.54, 1.807) is 0 Å². The minimum Gasteiger partial charge on any atom is -0.487 e. The molecule has 1 fully saturated rings. The Labute approximate surface area is 168 Å². The Morgan fingerprint density at radius 2 is 2.00 bits per heavy atom. The fraction of sp³-hybridized carbons (Fsp3) is 0.238. The lowest BCUT2D eigenvalue weighted by Gasteiger charge is -2.34. The lowest BCUT2D eigenvalue weighted by atomic mass is 10.1. The highest BCUT2D eigenvalue weighted by Gasteiger charge is 2.36. The number of hydrogen-bond donors (Lipinski definition) is 1. The van der Waals surface area contributed by atoms with E-state index >= 15 is 4.39 Å². The van der Waals surface area contributed by atoms with Crippen LogP contribution in [0.5, 0.6) is 11.5 Å². The highest BCUT2D eigenvalue weighted by molar-refractivity contribution is 5.94. The first-order valence-corrected chi connectivity index (χ1v) is 9.42. The van der Waals surface area contributed by atoms with Gasteiger partial charge in [0.25, 0.3) is 0 Å². The van der Waals surface area contributed by atoms with Crippen LogP contribution in [0.1, 0.15) is 12.8 Å². The van der Waals surface area contributed by atoms with Crippen LogP contribution in [0.3, 0.4) is 0 Å². The molecule has 1 N–H and O–H groups in total. The van der Waals surface area contributed by atoms with Gasteiger partial charge < -0.3 is 24.0 Å². The van der Waals surface area contributed by atoms with E-state index in [-0.39, 0.29) is 28.4 Å². The second-order valence-electron chi connectivity index (χ2n) is 7.27. The first-order valence-electron chi connectivity index (χ1n) is 9.42. The molecule has 1 atom stereocenters. The number of carbonyl (C=O) groups is 1. The molecule has 0 bridgehead atoms. The van der Waals surface area contributed by atoms with Crippen molar-refractivity contribution in [1.82, 2.24) is 4.57 Å². The third-order valence-corrected chi connectivity index (χ3v) is 5.52. The Bertz CT molecular complexity index is 1240. The quantitative estimate of drug-likeness (QED) is 0.645. The van der Waals surface area contributed by atoms with Crippen LogP contribution in [-0.4, -0.2) is 35.0 Å². The Balaban J connectivity index is 1.87. The van der Waals surface area contributed by atoms with Crippen LogP contribution < -0.4 is 19.8 Å². The molecule has 154 valence electrons. The van der Waals surface area contributed by atoms with E-state index in [0.717, 1.165) is 18.9 Å². The van der Waals surface area contributed by atoms with Gasteiger partial charge in [-0.05, 0) is 43.2 Å². The molecule has 3 heterocycles. The maximum atomic E-state index is 15.1. The Morgan fingerprint density at radius 3 is 2.73 bits per heavy atom. The van der Waals surface area contributed by atoms with Gasteiger partial charge in [0.1, 0.15) is 23.6 Å². The molecule has 0 radical (unpaired) electrons. The van der Waals surface area contributed by atoms with E-state index in [4.69, 9.17) is 9.84 Å². The van der Waals surface area contributed by atoms with Crippen molar-refractivity contribution in [3.05, 3.63) is 58.4 Å². The molecule has 30 heavy (non-hydrogen) atoms. The zero-order valence-corrected chi connectivity index (χ0v) is 15.6.